The van der Waals surface area contributed by atoms with Crippen molar-refractivity contribution in [2.24, 2.45) is 4.99 Å². The van der Waals surface area contributed by atoms with Gasteiger partial charge < -0.3 is 4.90 Å². The summed E-state index contributed by atoms with van der Waals surface area (Å²) in [6.07, 6.45) is 1.88. The number of para-hydroxylation sites is 2. The van der Waals surface area contributed by atoms with Gasteiger partial charge in [-0.25, -0.2) is 0 Å². The molecule has 29 heavy (non-hydrogen) atoms. The van der Waals surface area contributed by atoms with Crippen molar-refractivity contribution < 1.29 is 4.79 Å². The van der Waals surface area contributed by atoms with E-state index in [1.807, 2.05) is 35.2 Å². The molecule has 4 nitrogen and oxygen atoms in total. The van der Waals surface area contributed by atoms with E-state index >= 15 is 0 Å². The number of anilines is 2. The van der Waals surface area contributed by atoms with Crippen LogP contribution in [-0.4, -0.2) is 36.3 Å². The van der Waals surface area contributed by atoms with E-state index in [9.17, 15) is 4.79 Å². The predicted molar refractivity (Wildman–Crippen MR) is 117 cm³/mol. The van der Waals surface area contributed by atoms with Gasteiger partial charge in [0.25, 0.3) is 5.91 Å². The van der Waals surface area contributed by atoms with Gasteiger partial charge in [0.05, 0.1) is 24.5 Å². The van der Waals surface area contributed by atoms with Crippen molar-refractivity contribution in [2.75, 3.05) is 24.5 Å². The third-order valence-electron chi connectivity index (χ3n) is 5.67. The fourth-order valence-electron chi connectivity index (χ4n) is 4.28. The molecule has 0 unspecified atom stereocenters. The molecular formula is C25H23N3O. The molecule has 3 aromatic carbocycles. The van der Waals surface area contributed by atoms with Gasteiger partial charge in [0.15, 0.2) is 0 Å². The van der Waals surface area contributed by atoms with Crippen molar-refractivity contribution in [2.45, 2.75) is 12.8 Å². The van der Waals surface area contributed by atoms with Crippen LogP contribution in [0.4, 0.5) is 11.4 Å². The highest BCUT2D eigenvalue weighted by atomic mass is 16.2. The Labute approximate surface area is 171 Å². The third-order valence-corrected chi connectivity index (χ3v) is 5.67. The molecule has 1 amide bonds. The van der Waals surface area contributed by atoms with Gasteiger partial charge in [-0.2, -0.15) is 0 Å². The Balaban J connectivity index is 1.49. The van der Waals surface area contributed by atoms with Gasteiger partial charge in [-0.3, -0.25) is 14.7 Å². The summed E-state index contributed by atoms with van der Waals surface area (Å²) >= 11 is 0. The zero-order valence-corrected chi connectivity index (χ0v) is 16.3. The summed E-state index contributed by atoms with van der Waals surface area (Å²) in [5.74, 6) is 0.993. The maximum atomic E-state index is 13.6. The van der Waals surface area contributed by atoms with Gasteiger partial charge in [0.2, 0.25) is 0 Å². The Morgan fingerprint density at radius 1 is 0.793 bits per heavy atom. The topological polar surface area (TPSA) is 35.9 Å². The Morgan fingerprint density at radius 2 is 1.38 bits per heavy atom. The van der Waals surface area contributed by atoms with E-state index in [1.54, 1.807) is 0 Å². The van der Waals surface area contributed by atoms with E-state index < -0.39 is 0 Å². The van der Waals surface area contributed by atoms with E-state index in [-0.39, 0.29) is 5.91 Å². The van der Waals surface area contributed by atoms with Crippen molar-refractivity contribution in [3.05, 3.63) is 95.6 Å². The Bertz CT molecular complexity index is 1030. The van der Waals surface area contributed by atoms with E-state index in [1.165, 1.54) is 11.1 Å². The van der Waals surface area contributed by atoms with Gasteiger partial charge in [0.1, 0.15) is 5.84 Å². The van der Waals surface area contributed by atoms with E-state index in [0.29, 0.717) is 6.54 Å². The molecule has 0 spiro atoms. The highest BCUT2D eigenvalue weighted by Gasteiger charge is 2.29. The summed E-state index contributed by atoms with van der Waals surface area (Å²) in [6.45, 7) is 1.81. The summed E-state index contributed by atoms with van der Waals surface area (Å²) in [5, 5.41) is 0. The number of amides is 1. The summed E-state index contributed by atoms with van der Waals surface area (Å²) in [6, 6.07) is 26.7. The summed E-state index contributed by atoms with van der Waals surface area (Å²) in [5.41, 5.74) is 5.50. The number of benzene rings is 3. The second-order valence-electron chi connectivity index (χ2n) is 7.48. The molecule has 0 bridgehead atoms. The maximum absolute atomic E-state index is 13.6. The molecule has 2 heterocycles. The number of aliphatic imine (C=N–C) groups is 1. The fraction of sp³-hybridized carbons (Fsp3) is 0.200. The Kier molecular flexibility index (Phi) is 4.60. The molecule has 0 aromatic heterocycles. The lowest BCUT2D eigenvalue weighted by Gasteiger charge is -2.28. The van der Waals surface area contributed by atoms with Crippen LogP contribution in [0.5, 0.6) is 0 Å². The second-order valence-corrected chi connectivity index (χ2v) is 7.48. The molecule has 3 aromatic rings. The van der Waals surface area contributed by atoms with Crippen molar-refractivity contribution in [3.63, 3.8) is 0 Å². The van der Waals surface area contributed by atoms with Crippen LogP contribution < -0.4 is 4.90 Å². The summed E-state index contributed by atoms with van der Waals surface area (Å²) < 4.78 is 0. The first kappa shape index (κ1) is 17.7. The molecule has 0 aliphatic carbocycles. The first-order chi connectivity index (χ1) is 14.3. The normalized spacial score (nSPS) is 15.4. The number of carbonyl (C=O) groups excluding carboxylic acids is 1. The first-order valence-corrected chi connectivity index (χ1v) is 10.1. The van der Waals surface area contributed by atoms with Crippen LogP contribution in [-0.2, 0) is 17.6 Å². The molecule has 0 radical (unpaired) electrons. The number of nitrogens with zero attached hydrogens (tertiary/aromatic N) is 3. The minimum Gasteiger partial charge on any atom is -0.345 e. The fourth-order valence-corrected chi connectivity index (χ4v) is 4.28. The molecule has 0 N–H and O–H groups in total. The number of fused-ring (bicyclic) bond motifs is 2. The summed E-state index contributed by atoms with van der Waals surface area (Å²) in [7, 11) is 0. The lowest BCUT2D eigenvalue weighted by molar-refractivity contribution is -0.118. The maximum Gasteiger partial charge on any atom is 0.251 e. The minimum absolute atomic E-state index is 0.0809. The molecule has 0 saturated carbocycles. The average Bonchev–Trinajstić information content (AvgIpc) is 3.15. The van der Waals surface area contributed by atoms with Crippen LogP contribution >= 0.6 is 0 Å². The van der Waals surface area contributed by atoms with Crippen molar-refractivity contribution >= 4 is 23.1 Å². The highest BCUT2D eigenvalue weighted by Crippen LogP contribution is 2.36. The van der Waals surface area contributed by atoms with Crippen LogP contribution in [0.25, 0.3) is 0 Å². The molecule has 5 rings (SSSR count). The third kappa shape index (κ3) is 3.31. The van der Waals surface area contributed by atoms with E-state index in [4.69, 9.17) is 0 Å². The van der Waals surface area contributed by atoms with Gasteiger partial charge in [-0.15, -0.1) is 0 Å². The Hall–Kier alpha value is -3.40. The van der Waals surface area contributed by atoms with Crippen LogP contribution in [0.2, 0.25) is 0 Å². The zero-order chi connectivity index (χ0) is 19.6. The van der Waals surface area contributed by atoms with Gasteiger partial charge >= 0.3 is 0 Å². The molecule has 0 atom stereocenters. The number of hydrogen-bond donors (Lipinski definition) is 0. The van der Waals surface area contributed by atoms with Gasteiger partial charge in [0, 0.05) is 12.1 Å². The largest absolute Gasteiger partial charge is 0.345 e. The zero-order valence-electron chi connectivity index (χ0n) is 16.3. The quantitative estimate of drug-likeness (QED) is 0.681. The number of aryl methyl sites for hydroxylation is 2. The molecule has 0 saturated heterocycles. The molecule has 2 aliphatic heterocycles. The standard InChI is InChI=1S/C25H23N3O/c29-24(18-27-17-16-26-25(27)21-10-2-1-3-11-21)28-22-12-6-4-8-19(22)14-15-20-9-5-7-13-23(20)28/h1-13H,14-18H2. The van der Waals surface area contributed by atoms with Crippen molar-refractivity contribution in [3.8, 4) is 0 Å². The highest BCUT2D eigenvalue weighted by molar-refractivity contribution is 6.07. The monoisotopic (exact) mass is 381 g/mol. The average molecular weight is 381 g/mol. The number of hydrogen-bond acceptors (Lipinski definition) is 3. The van der Waals surface area contributed by atoms with E-state index in [0.717, 1.165) is 48.7 Å². The molecule has 144 valence electrons. The Morgan fingerprint density at radius 3 is 2.03 bits per heavy atom. The smallest absolute Gasteiger partial charge is 0.251 e. The SMILES string of the molecule is O=C(CN1CCN=C1c1ccccc1)N1c2ccccc2CCc2ccccc21. The molecular weight excluding hydrogens is 358 g/mol. The van der Waals surface area contributed by atoms with E-state index in [2.05, 4.69) is 58.4 Å². The van der Waals surface area contributed by atoms with Gasteiger partial charge in [-0.1, -0.05) is 66.7 Å². The molecule has 0 fully saturated rings. The number of amidine groups is 1. The first-order valence-electron chi connectivity index (χ1n) is 10.1. The van der Waals surface area contributed by atoms with Crippen LogP contribution in [0.1, 0.15) is 16.7 Å². The van der Waals surface area contributed by atoms with Crippen molar-refractivity contribution in [1.82, 2.24) is 4.90 Å². The number of rotatable bonds is 3. The number of carbonyl (C=O) groups is 1. The van der Waals surface area contributed by atoms with Crippen LogP contribution in [0.15, 0.2) is 83.9 Å². The van der Waals surface area contributed by atoms with Crippen molar-refractivity contribution in [1.29, 1.82) is 0 Å². The van der Waals surface area contributed by atoms with Crippen LogP contribution in [0, 0.1) is 0 Å². The lowest BCUT2D eigenvalue weighted by Crippen LogP contribution is -2.40. The lowest BCUT2D eigenvalue weighted by atomic mass is 10.0. The summed E-state index contributed by atoms with van der Waals surface area (Å²) in [4.78, 5) is 22.3. The van der Waals surface area contributed by atoms with Crippen LogP contribution in [0.3, 0.4) is 0 Å². The minimum atomic E-state index is 0.0809. The van der Waals surface area contributed by atoms with Gasteiger partial charge in [-0.05, 0) is 36.1 Å². The molecule has 4 heteroatoms. The molecule has 2 aliphatic rings. The second kappa shape index (κ2) is 7.55. The predicted octanol–water partition coefficient (Wildman–Crippen LogP) is 4.21.